The molecule has 1 fully saturated rings. The molecule has 0 atom stereocenters. The molecule has 0 spiro atoms. The number of hydrogen-bond donors (Lipinski definition) is 3. The Kier molecular flexibility index (Phi) is 2.94. The van der Waals surface area contributed by atoms with Crippen molar-refractivity contribution in [3.8, 4) is 0 Å². The first-order valence-electron chi connectivity index (χ1n) is 5.37. The highest BCUT2D eigenvalue weighted by Crippen LogP contribution is 2.20. The summed E-state index contributed by atoms with van der Waals surface area (Å²) in [6.45, 7) is 2.75. The molecule has 16 heavy (non-hydrogen) atoms. The maximum absolute atomic E-state index is 10.9. The number of aliphatic hydroxyl groups is 1. The van der Waals surface area contributed by atoms with E-state index in [2.05, 4.69) is 10.6 Å². The highest BCUT2D eigenvalue weighted by Gasteiger charge is 2.34. The second kappa shape index (κ2) is 4.23. The lowest BCUT2D eigenvalue weighted by Crippen LogP contribution is -2.60. The molecule has 1 aromatic carbocycles. The normalized spacial score (nSPS) is 17.6. The van der Waals surface area contributed by atoms with E-state index in [1.54, 1.807) is 0 Å². The molecular formula is C12H16N2O2. The van der Waals surface area contributed by atoms with Crippen molar-refractivity contribution in [3.05, 3.63) is 29.8 Å². The summed E-state index contributed by atoms with van der Waals surface area (Å²) in [5.41, 5.74) is 1.20. The fourth-order valence-corrected chi connectivity index (χ4v) is 1.88. The predicted molar refractivity (Wildman–Crippen MR) is 62.3 cm³/mol. The molecule has 1 aliphatic heterocycles. The number of carbonyl (C=O) groups excluding carboxylic acids is 1. The van der Waals surface area contributed by atoms with Gasteiger partial charge in [-0.25, -0.2) is 0 Å². The van der Waals surface area contributed by atoms with Gasteiger partial charge >= 0.3 is 0 Å². The van der Waals surface area contributed by atoms with Crippen LogP contribution in [0.4, 0.5) is 5.69 Å². The molecule has 0 aliphatic carbocycles. The first-order chi connectivity index (χ1) is 7.57. The Balaban J connectivity index is 2.06. The van der Waals surface area contributed by atoms with Crippen LogP contribution in [0.3, 0.4) is 0 Å². The van der Waals surface area contributed by atoms with E-state index < -0.39 is 5.60 Å². The fraction of sp³-hybridized carbons (Fsp3) is 0.417. The van der Waals surface area contributed by atoms with Crippen LogP contribution >= 0.6 is 0 Å². The molecule has 1 amide bonds. The smallest absolute Gasteiger partial charge is 0.221 e. The molecule has 0 saturated carbocycles. The molecular weight excluding hydrogens is 204 g/mol. The van der Waals surface area contributed by atoms with E-state index in [4.69, 9.17) is 0 Å². The van der Waals surface area contributed by atoms with Crippen LogP contribution in [0.5, 0.6) is 0 Å². The molecule has 3 N–H and O–H groups in total. The van der Waals surface area contributed by atoms with E-state index in [1.165, 1.54) is 6.92 Å². The topological polar surface area (TPSA) is 61.4 Å². The van der Waals surface area contributed by atoms with Crippen molar-refractivity contribution in [3.63, 3.8) is 0 Å². The zero-order valence-corrected chi connectivity index (χ0v) is 9.29. The van der Waals surface area contributed by atoms with E-state index in [-0.39, 0.29) is 5.91 Å². The van der Waals surface area contributed by atoms with Gasteiger partial charge in [0.2, 0.25) is 5.91 Å². The fourth-order valence-electron chi connectivity index (χ4n) is 1.88. The number of carbonyl (C=O) groups is 1. The van der Waals surface area contributed by atoms with Gasteiger partial charge in [-0.2, -0.15) is 0 Å². The van der Waals surface area contributed by atoms with Gasteiger partial charge in [0.15, 0.2) is 0 Å². The maximum Gasteiger partial charge on any atom is 0.221 e. The van der Waals surface area contributed by atoms with Crippen LogP contribution in [0, 0.1) is 0 Å². The number of rotatable bonds is 3. The lowest BCUT2D eigenvalue weighted by atomic mass is 9.89. The second-order valence-corrected chi connectivity index (χ2v) is 4.39. The van der Waals surface area contributed by atoms with Crippen LogP contribution in [0.15, 0.2) is 24.3 Å². The molecule has 1 aromatic rings. The largest absolute Gasteiger partial charge is 0.387 e. The van der Waals surface area contributed by atoms with Crippen molar-refractivity contribution < 1.29 is 9.90 Å². The van der Waals surface area contributed by atoms with Crippen LogP contribution in [-0.4, -0.2) is 29.7 Å². The minimum atomic E-state index is -0.616. The molecule has 1 heterocycles. The van der Waals surface area contributed by atoms with Crippen molar-refractivity contribution in [2.45, 2.75) is 18.9 Å². The van der Waals surface area contributed by atoms with Crippen LogP contribution in [0.2, 0.25) is 0 Å². The Morgan fingerprint density at radius 2 is 2.31 bits per heavy atom. The predicted octanol–water partition coefficient (Wildman–Crippen LogP) is 0.522. The Bertz CT molecular complexity index is 400. The molecule has 0 bridgehead atoms. The van der Waals surface area contributed by atoms with Crippen molar-refractivity contribution in [1.29, 1.82) is 0 Å². The van der Waals surface area contributed by atoms with Crippen LogP contribution in [0.25, 0.3) is 0 Å². The molecule has 86 valence electrons. The van der Waals surface area contributed by atoms with Crippen LogP contribution in [-0.2, 0) is 11.2 Å². The Morgan fingerprint density at radius 3 is 2.88 bits per heavy atom. The molecule has 0 radical (unpaired) electrons. The molecule has 4 heteroatoms. The Labute approximate surface area is 94.7 Å². The second-order valence-electron chi connectivity index (χ2n) is 4.39. The number of benzene rings is 1. The SMILES string of the molecule is CC(=O)Nc1cccc(CC2(O)CNC2)c1. The number of nitrogens with one attached hydrogen (secondary N) is 2. The molecule has 1 aliphatic rings. The highest BCUT2D eigenvalue weighted by atomic mass is 16.3. The van der Waals surface area contributed by atoms with E-state index in [1.807, 2.05) is 24.3 Å². The minimum Gasteiger partial charge on any atom is -0.387 e. The summed E-state index contributed by atoms with van der Waals surface area (Å²) in [5.74, 6) is -0.0822. The summed E-state index contributed by atoms with van der Waals surface area (Å²) in [7, 11) is 0. The average molecular weight is 220 g/mol. The first kappa shape index (κ1) is 11.1. The van der Waals surface area contributed by atoms with Gasteiger partial charge < -0.3 is 15.7 Å². The van der Waals surface area contributed by atoms with Gasteiger partial charge in [0, 0.05) is 32.1 Å². The van der Waals surface area contributed by atoms with Crippen LogP contribution < -0.4 is 10.6 Å². The molecule has 0 aromatic heterocycles. The Morgan fingerprint density at radius 1 is 1.56 bits per heavy atom. The summed E-state index contributed by atoms with van der Waals surface area (Å²) in [6, 6.07) is 7.59. The standard InChI is InChI=1S/C12H16N2O2/c1-9(15)14-11-4-2-3-10(5-11)6-12(16)7-13-8-12/h2-5,13,16H,6-8H2,1H3,(H,14,15). The molecule has 1 saturated heterocycles. The van der Waals surface area contributed by atoms with Gasteiger partial charge in [-0.3, -0.25) is 4.79 Å². The number of amides is 1. The third-order valence-electron chi connectivity index (χ3n) is 2.69. The van der Waals surface area contributed by atoms with E-state index in [9.17, 15) is 9.90 Å². The van der Waals surface area contributed by atoms with Gasteiger partial charge in [-0.15, -0.1) is 0 Å². The maximum atomic E-state index is 10.9. The van der Waals surface area contributed by atoms with Crippen molar-refractivity contribution in [1.82, 2.24) is 5.32 Å². The number of β-amino-alcohol motifs (C(OH)–C–C–N with tert-alkyl or cyclic N) is 1. The average Bonchev–Trinajstić information content (AvgIpc) is 2.14. The summed E-state index contributed by atoms with van der Waals surface area (Å²) in [5, 5.41) is 15.8. The summed E-state index contributed by atoms with van der Waals surface area (Å²) >= 11 is 0. The monoisotopic (exact) mass is 220 g/mol. The van der Waals surface area contributed by atoms with Crippen LogP contribution in [0.1, 0.15) is 12.5 Å². The minimum absolute atomic E-state index is 0.0822. The van der Waals surface area contributed by atoms with E-state index in [0.717, 1.165) is 11.3 Å². The lowest BCUT2D eigenvalue weighted by Gasteiger charge is -2.37. The van der Waals surface area contributed by atoms with Gasteiger partial charge in [-0.1, -0.05) is 12.1 Å². The van der Waals surface area contributed by atoms with Gasteiger partial charge in [0.25, 0.3) is 0 Å². The van der Waals surface area contributed by atoms with Gasteiger partial charge in [0.1, 0.15) is 0 Å². The first-order valence-corrected chi connectivity index (χ1v) is 5.37. The van der Waals surface area contributed by atoms with Crippen molar-refractivity contribution >= 4 is 11.6 Å². The quantitative estimate of drug-likeness (QED) is 0.696. The molecule has 2 rings (SSSR count). The summed E-state index contributed by atoms with van der Waals surface area (Å²) in [6.07, 6.45) is 0.618. The third kappa shape index (κ3) is 2.59. The molecule has 0 unspecified atom stereocenters. The lowest BCUT2D eigenvalue weighted by molar-refractivity contribution is -0.114. The van der Waals surface area contributed by atoms with Crippen molar-refractivity contribution in [2.24, 2.45) is 0 Å². The highest BCUT2D eigenvalue weighted by molar-refractivity contribution is 5.88. The third-order valence-corrected chi connectivity index (χ3v) is 2.69. The number of hydrogen-bond acceptors (Lipinski definition) is 3. The Hall–Kier alpha value is -1.39. The van der Waals surface area contributed by atoms with E-state index in [0.29, 0.717) is 19.5 Å². The zero-order valence-electron chi connectivity index (χ0n) is 9.29. The zero-order chi connectivity index (χ0) is 11.6. The molecule has 4 nitrogen and oxygen atoms in total. The summed E-state index contributed by atoms with van der Waals surface area (Å²) < 4.78 is 0. The van der Waals surface area contributed by atoms with Crippen molar-refractivity contribution in [2.75, 3.05) is 18.4 Å². The van der Waals surface area contributed by atoms with Gasteiger partial charge in [-0.05, 0) is 17.7 Å². The summed E-state index contributed by atoms with van der Waals surface area (Å²) in [4.78, 5) is 10.9. The number of anilines is 1. The van der Waals surface area contributed by atoms with E-state index >= 15 is 0 Å². The van der Waals surface area contributed by atoms with Gasteiger partial charge in [0.05, 0.1) is 5.60 Å².